The Morgan fingerprint density at radius 3 is 2.31 bits per heavy atom. The minimum Gasteiger partial charge on any atom is -0.496 e. The average molecular weight is 355 g/mol. The van der Waals surface area contributed by atoms with Crippen LogP contribution in [0.5, 0.6) is 17.2 Å². The Kier molecular flexibility index (Phi) is 7.09. The summed E-state index contributed by atoms with van der Waals surface area (Å²) in [6, 6.07) is 13.2. The lowest BCUT2D eigenvalue weighted by atomic mass is 10.1. The van der Waals surface area contributed by atoms with Crippen LogP contribution in [0, 0.1) is 0 Å². The van der Waals surface area contributed by atoms with Gasteiger partial charge >= 0.3 is 0 Å². The van der Waals surface area contributed by atoms with Crippen molar-refractivity contribution in [3.05, 3.63) is 59.7 Å². The zero-order chi connectivity index (χ0) is 18.9. The lowest BCUT2D eigenvalue weighted by Gasteiger charge is -2.20. The number of methoxy groups -OCH3 is 3. The molecule has 0 unspecified atom stereocenters. The lowest BCUT2D eigenvalue weighted by Crippen LogP contribution is -2.28. The van der Waals surface area contributed by atoms with Crippen molar-refractivity contribution in [1.82, 2.24) is 4.90 Å². The molecule has 5 nitrogen and oxygen atoms in total. The number of nitrogens with zero attached hydrogens (tertiary/aromatic N) is 1. The number of benzene rings is 2. The van der Waals surface area contributed by atoms with Crippen LogP contribution in [-0.4, -0.2) is 38.7 Å². The maximum Gasteiger partial charge on any atom is 0.246 e. The van der Waals surface area contributed by atoms with E-state index in [4.69, 9.17) is 14.2 Å². The molecule has 2 aromatic carbocycles. The van der Waals surface area contributed by atoms with Crippen molar-refractivity contribution in [2.24, 2.45) is 0 Å². The van der Waals surface area contributed by atoms with E-state index in [1.807, 2.05) is 49.4 Å². The van der Waals surface area contributed by atoms with E-state index in [1.165, 1.54) is 0 Å². The molecule has 0 spiro atoms. The first-order chi connectivity index (χ1) is 12.6. The Morgan fingerprint density at radius 1 is 0.962 bits per heavy atom. The molecule has 0 heterocycles. The van der Waals surface area contributed by atoms with Crippen LogP contribution >= 0.6 is 0 Å². The molecule has 0 aliphatic heterocycles. The molecule has 5 heteroatoms. The minimum absolute atomic E-state index is 0.0619. The molecule has 0 fully saturated rings. The van der Waals surface area contributed by atoms with Crippen LogP contribution in [0.2, 0.25) is 0 Å². The van der Waals surface area contributed by atoms with Gasteiger partial charge in [0.05, 0.1) is 21.3 Å². The first kappa shape index (κ1) is 19.4. The lowest BCUT2D eigenvalue weighted by molar-refractivity contribution is -0.126. The smallest absolute Gasteiger partial charge is 0.246 e. The second-order valence-electron chi connectivity index (χ2n) is 5.62. The topological polar surface area (TPSA) is 48.0 Å². The highest BCUT2D eigenvalue weighted by molar-refractivity contribution is 5.92. The molecule has 0 radical (unpaired) electrons. The van der Waals surface area contributed by atoms with Crippen LogP contribution in [0.25, 0.3) is 6.08 Å². The normalized spacial score (nSPS) is 10.6. The number of hydrogen-bond acceptors (Lipinski definition) is 4. The molecule has 2 rings (SSSR count). The fourth-order valence-corrected chi connectivity index (χ4v) is 2.62. The highest BCUT2D eigenvalue weighted by Crippen LogP contribution is 2.28. The summed E-state index contributed by atoms with van der Waals surface area (Å²) in [6.45, 7) is 3.05. The summed E-state index contributed by atoms with van der Waals surface area (Å²) in [7, 11) is 4.81. The fourth-order valence-electron chi connectivity index (χ4n) is 2.62. The Balaban J connectivity index is 2.12. The number of carbonyl (C=O) groups is 1. The largest absolute Gasteiger partial charge is 0.496 e. The van der Waals surface area contributed by atoms with Crippen molar-refractivity contribution < 1.29 is 19.0 Å². The predicted molar refractivity (Wildman–Crippen MR) is 103 cm³/mol. The summed E-state index contributed by atoms with van der Waals surface area (Å²) in [6.07, 6.45) is 3.35. The molecule has 138 valence electrons. The van der Waals surface area contributed by atoms with Gasteiger partial charge in [-0.15, -0.1) is 0 Å². The number of rotatable bonds is 8. The van der Waals surface area contributed by atoms with Gasteiger partial charge in [-0.2, -0.15) is 0 Å². The van der Waals surface area contributed by atoms with Crippen LogP contribution in [0.4, 0.5) is 0 Å². The monoisotopic (exact) mass is 355 g/mol. The molecule has 0 atom stereocenters. The second kappa shape index (κ2) is 9.51. The third-order valence-corrected chi connectivity index (χ3v) is 4.06. The average Bonchev–Trinajstić information content (AvgIpc) is 2.70. The Bertz CT molecular complexity index is 770. The minimum atomic E-state index is -0.0619. The van der Waals surface area contributed by atoms with Crippen molar-refractivity contribution in [2.75, 3.05) is 27.9 Å². The van der Waals surface area contributed by atoms with Gasteiger partial charge in [0, 0.05) is 24.7 Å². The van der Waals surface area contributed by atoms with Gasteiger partial charge in [-0.25, -0.2) is 0 Å². The van der Waals surface area contributed by atoms with Crippen LogP contribution in [0.1, 0.15) is 18.1 Å². The van der Waals surface area contributed by atoms with Gasteiger partial charge in [0.25, 0.3) is 0 Å². The molecule has 0 saturated carbocycles. The van der Waals surface area contributed by atoms with E-state index in [0.29, 0.717) is 24.6 Å². The molecule has 26 heavy (non-hydrogen) atoms. The summed E-state index contributed by atoms with van der Waals surface area (Å²) < 4.78 is 15.9. The zero-order valence-corrected chi connectivity index (χ0v) is 15.7. The Labute approximate surface area is 154 Å². The van der Waals surface area contributed by atoms with Crippen LogP contribution in [0.15, 0.2) is 48.5 Å². The summed E-state index contributed by atoms with van der Waals surface area (Å²) in [5, 5.41) is 0. The van der Waals surface area contributed by atoms with Crippen molar-refractivity contribution >= 4 is 12.0 Å². The molecule has 2 aromatic rings. The predicted octanol–water partition coefficient (Wildman–Crippen LogP) is 3.77. The summed E-state index contributed by atoms with van der Waals surface area (Å²) in [5.74, 6) is 1.99. The van der Waals surface area contributed by atoms with Crippen molar-refractivity contribution in [3.8, 4) is 17.2 Å². The highest BCUT2D eigenvalue weighted by Gasteiger charge is 2.12. The molecule has 0 aromatic heterocycles. The van der Waals surface area contributed by atoms with E-state index in [9.17, 15) is 4.79 Å². The van der Waals surface area contributed by atoms with E-state index >= 15 is 0 Å². The first-order valence-electron chi connectivity index (χ1n) is 8.43. The quantitative estimate of drug-likeness (QED) is 0.676. The molecule has 0 N–H and O–H groups in total. The zero-order valence-electron chi connectivity index (χ0n) is 15.7. The number of para-hydroxylation sites is 1. The number of hydrogen-bond donors (Lipinski definition) is 0. The van der Waals surface area contributed by atoms with Gasteiger partial charge in [0.2, 0.25) is 5.91 Å². The van der Waals surface area contributed by atoms with Crippen LogP contribution in [0.3, 0.4) is 0 Å². The van der Waals surface area contributed by atoms with Crippen LogP contribution < -0.4 is 14.2 Å². The SMILES string of the molecule is CCN(Cc1ccc(OC)c(OC)c1)C(=O)/C=C/c1ccccc1OC. The molecule has 0 saturated heterocycles. The van der Waals surface area contributed by atoms with Gasteiger partial charge in [-0.3, -0.25) is 4.79 Å². The molecule has 0 aliphatic rings. The maximum absolute atomic E-state index is 12.6. The van der Waals surface area contributed by atoms with Crippen molar-refractivity contribution in [3.63, 3.8) is 0 Å². The van der Waals surface area contributed by atoms with E-state index in [-0.39, 0.29) is 5.91 Å². The fraction of sp³-hybridized carbons (Fsp3) is 0.286. The Morgan fingerprint density at radius 2 is 1.65 bits per heavy atom. The number of carbonyl (C=O) groups excluding carboxylic acids is 1. The highest BCUT2D eigenvalue weighted by atomic mass is 16.5. The van der Waals surface area contributed by atoms with Crippen LogP contribution in [-0.2, 0) is 11.3 Å². The molecule has 1 amide bonds. The molecular weight excluding hydrogens is 330 g/mol. The van der Waals surface area contributed by atoms with Gasteiger partial charge in [0.1, 0.15) is 5.75 Å². The van der Waals surface area contributed by atoms with E-state index in [1.54, 1.807) is 38.4 Å². The number of ether oxygens (including phenoxy) is 3. The molecule has 0 aliphatic carbocycles. The number of amides is 1. The second-order valence-corrected chi connectivity index (χ2v) is 5.62. The third kappa shape index (κ3) is 4.79. The maximum atomic E-state index is 12.6. The summed E-state index contributed by atoms with van der Waals surface area (Å²) in [5.41, 5.74) is 1.84. The van der Waals surface area contributed by atoms with Gasteiger partial charge < -0.3 is 19.1 Å². The van der Waals surface area contributed by atoms with Gasteiger partial charge in [0.15, 0.2) is 11.5 Å². The molecular formula is C21H25NO4. The van der Waals surface area contributed by atoms with Crippen molar-refractivity contribution in [1.29, 1.82) is 0 Å². The van der Waals surface area contributed by atoms with Gasteiger partial charge in [-0.1, -0.05) is 24.3 Å². The van der Waals surface area contributed by atoms with E-state index in [2.05, 4.69) is 0 Å². The third-order valence-electron chi connectivity index (χ3n) is 4.06. The van der Waals surface area contributed by atoms with Gasteiger partial charge in [-0.05, 0) is 36.8 Å². The summed E-state index contributed by atoms with van der Waals surface area (Å²) in [4.78, 5) is 14.3. The molecule has 0 bridgehead atoms. The first-order valence-corrected chi connectivity index (χ1v) is 8.43. The van der Waals surface area contributed by atoms with E-state index < -0.39 is 0 Å². The number of likely N-dealkylation sites (N-methyl/N-ethyl adjacent to an activating group) is 1. The van der Waals surface area contributed by atoms with E-state index in [0.717, 1.165) is 16.9 Å². The Hall–Kier alpha value is -2.95. The standard InChI is InChI=1S/C21H25NO4/c1-5-22(15-16-10-12-19(25-3)20(14-16)26-4)21(23)13-11-17-8-6-7-9-18(17)24-2/h6-14H,5,15H2,1-4H3/b13-11+. The van der Waals surface area contributed by atoms with Crippen molar-refractivity contribution in [2.45, 2.75) is 13.5 Å². The summed E-state index contributed by atoms with van der Waals surface area (Å²) >= 11 is 0.